The zero-order chi connectivity index (χ0) is 12.9. The lowest BCUT2D eigenvalue weighted by Crippen LogP contribution is -2.16. The number of ether oxygens (including phenoxy) is 2. The summed E-state index contributed by atoms with van der Waals surface area (Å²) in [6.45, 7) is -1.59. The average Bonchev–Trinajstić information content (AvgIpc) is 2.27. The van der Waals surface area contributed by atoms with Gasteiger partial charge in [0, 0.05) is 11.1 Å². The zero-order valence-electron chi connectivity index (χ0n) is 9.08. The Hall–Kier alpha value is -1.56. The van der Waals surface area contributed by atoms with Gasteiger partial charge in [0.2, 0.25) is 0 Å². The lowest BCUT2D eigenvalue weighted by Gasteiger charge is -2.11. The van der Waals surface area contributed by atoms with Crippen molar-refractivity contribution in [3.05, 3.63) is 29.3 Å². The van der Waals surface area contributed by atoms with Crippen molar-refractivity contribution in [2.75, 3.05) is 13.7 Å². The molecule has 0 fully saturated rings. The largest absolute Gasteiger partial charge is 0.496 e. The predicted octanol–water partition coefficient (Wildman–Crippen LogP) is 2.59. The van der Waals surface area contributed by atoms with Gasteiger partial charge in [0.05, 0.1) is 13.7 Å². The van der Waals surface area contributed by atoms with E-state index in [1.54, 1.807) is 0 Å². The molecule has 94 valence electrons. The van der Waals surface area contributed by atoms with Gasteiger partial charge < -0.3 is 9.47 Å². The Balaban J connectivity index is 2.71. The van der Waals surface area contributed by atoms with E-state index in [1.165, 1.54) is 25.3 Å². The van der Waals surface area contributed by atoms with Gasteiger partial charge in [0.1, 0.15) is 18.6 Å². The molecule has 0 bridgehead atoms. The highest BCUT2D eigenvalue weighted by molar-refractivity contribution is 5.75. The van der Waals surface area contributed by atoms with E-state index in [4.69, 9.17) is 4.74 Å². The standard InChI is InChI=1S/C11H11F3O3/c1-16-10-3-2-8(5-15)4-9(10)6-17-7-11(12,13)14/h2-5H,6-7H2,1H3. The second kappa shape index (κ2) is 5.67. The summed E-state index contributed by atoms with van der Waals surface area (Å²) in [4.78, 5) is 10.5. The summed E-state index contributed by atoms with van der Waals surface area (Å²) < 4.78 is 45.1. The third-order valence-electron chi connectivity index (χ3n) is 1.96. The second-order valence-corrected chi connectivity index (χ2v) is 3.30. The van der Waals surface area contributed by atoms with E-state index in [0.29, 0.717) is 23.2 Å². The Bertz CT molecular complexity index is 388. The summed E-state index contributed by atoms with van der Waals surface area (Å²) in [5, 5.41) is 0. The van der Waals surface area contributed by atoms with Crippen LogP contribution in [0.4, 0.5) is 13.2 Å². The third-order valence-corrected chi connectivity index (χ3v) is 1.96. The maximum atomic E-state index is 11.9. The minimum absolute atomic E-state index is 0.260. The maximum absolute atomic E-state index is 11.9. The van der Waals surface area contributed by atoms with Gasteiger partial charge in [-0.2, -0.15) is 13.2 Å². The summed E-state index contributed by atoms with van der Waals surface area (Å²) in [6.07, 6.45) is -3.76. The SMILES string of the molecule is COc1ccc(C=O)cc1COCC(F)(F)F. The van der Waals surface area contributed by atoms with Crippen molar-refractivity contribution < 1.29 is 27.4 Å². The fraction of sp³-hybridized carbons (Fsp3) is 0.364. The Morgan fingerprint density at radius 2 is 2.06 bits per heavy atom. The molecule has 1 rings (SSSR count). The number of benzene rings is 1. The van der Waals surface area contributed by atoms with Crippen molar-refractivity contribution in [3.8, 4) is 5.75 Å². The first kappa shape index (κ1) is 13.5. The monoisotopic (exact) mass is 248 g/mol. The zero-order valence-corrected chi connectivity index (χ0v) is 9.08. The number of alkyl halides is 3. The summed E-state index contributed by atoms with van der Waals surface area (Å²) in [5.74, 6) is 0.387. The Labute approximate surface area is 96.1 Å². The molecule has 0 aromatic heterocycles. The van der Waals surface area contributed by atoms with E-state index < -0.39 is 12.8 Å². The Kier molecular flexibility index (Phi) is 4.51. The van der Waals surface area contributed by atoms with E-state index in [-0.39, 0.29) is 6.61 Å². The first-order chi connectivity index (χ1) is 7.96. The molecule has 3 nitrogen and oxygen atoms in total. The van der Waals surface area contributed by atoms with Crippen LogP contribution in [0.2, 0.25) is 0 Å². The first-order valence-corrected chi connectivity index (χ1v) is 4.73. The van der Waals surface area contributed by atoms with Gasteiger partial charge in [0.15, 0.2) is 0 Å². The molecular weight excluding hydrogens is 237 g/mol. The molecular formula is C11H11F3O3. The molecule has 1 aromatic rings. The molecule has 0 heterocycles. The van der Waals surface area contributed by atoms with Gasteiger partial charge in [-0.3, -0.25) is 4.79 Å². The highest BCUT2D eigenvalue weighted by Gasteiger charge is 2.27. The van der Waals surface area contributed by atoms with Crippen molar-refractivity contribution in [2.24, 2.45) is 0 Å². The molecule has 0 spiro atoms. The van der Waals surface area contributed by atoms with Gasteiger partial charge in [0.25, 0.3) is 0 Å². The summed E-state index contributed by atoms with van der Waals surface area (Å²) >= 11 is 0. The average molecular weight is 248 g/mol. The Morgan fingerprint density at radius 3 is 2.59 bits per heavy atom. The van der Waals surface area contributed by atoms with Crippen LogP contribution in [0.25, 0.3) is 0 Å². The minimum Gasteiger partial charge on any atom is -0.496 e. The van der Waals surface area contributed by atoms with E-state index >= 15 is 0 Å². The fourth-order valence-corrected chi connectivity index (χ4v) is 1.26. The molecule has 0 saturated carbocycles. The predicted molar refractivity (Wildman–Crippen MR) is 54.1 cm³/mol. The first-order valence-electron chi connectivity index (χ1n) is 4.73. The van der Waals surface area contributed by atoms with Gasteiger partial charge in [-0.05, 0) is 18.2 Å². The van der Waals surface area contributed by atoms with Crippen LogP contribution in [0.15, 0.2) is 18.2 Å². The van der Waals surface area contributed by atoms with E-state index in [0.717, 1.165) is 0 Å². The number of methoxy groups -OCH3 is 1. The van der Waals surface area contributed by atoms with E-state index in [9.17, 15) is 18.0 Å². The van der Waals surface area contributed by atoms with Crippen molar-refractivity contribution >= 4 is 6.29 Å². The van der Waals surface area contributed by atoms with Crippen LogP contribution in [-0.2, 0) is 11.3 Å². The highest BCUT2D eigenvalue weighted by Crippen LogP contribution is 2.22. The van der Waals surface area contributed by atoms with Crippen molar-refractivity contribution in [3.63, 3.8) is 0 Å². The van der Waals surface area contributed by atoms with Crippen LogP contribution in [0, 0.1) is 0 Å². The lowest BCUT2D eigenvalue weighted by molar-refractivity contribution is -0.176. The number of rotatable bonds is 5. The van der Waals surface area contributed by atoms with Gasteiger partial charge in [-0.1, -0.05) is 0 Å². The molecule has 0 aliphatic rings. The molecule has 0 unspecified atom stereocenters. The van der Waals surface area contributed by atoms with Crippen LogP contribution < -0.4 is 4.74 Å². The molecule has 6 heteroatoms. The quantitative estimate of drug-likeness (QED) is 0.751. The fourth-order valence-electron chi connectivity index (χ4n) is 1.26. The molecule has 0 aliphatic carbocycles. The van der Waals surface area contributed by atoms with Crippen molar-refractivity contribution in [1.29, 1.82) is 0 Å². The molecule has 0 aliphatic heterocycles. The topological polar surface area (TPSA) is 35.5 Å². The minimum atomic E-state index is -4.37. The molecule has 17 heavy (non-hydrogen) atoms. The number of hydrogen-bond donors (Lipinski definition) is 0. The van der Waals surface area contributed by atoms with Crippen molar-refractivity contribution in [1.82, 2.24) is 0 Å². The third kappa shape index (κ3) is 4.44. The lowest BCUT2D eigenvalue weighted by atomic mass is 10.1. The van der Waals surface area contributed by atoms with E-state index in [1.807, 2.05) is 0 Å². The normalized spacial score (nSPS) is 11.3. The van der Waals surface area contributed by atoms with Crippen LogP contribution in [0.1, 0.15) is 15.9 Å². The van der Waals surface area contributed by atoms with Gasteiger partial charge >= 0.3 is 6.18 Å². The molecule has 0 saturated heterocycles. The van der Waals surface area contributed by atoms with Gasteiger partial charge in [-0.15, -0.1) is 0 Å². The Morgan fingerprint density at radius 1 is 1.35 bits per heavy atom. The summed E-state index contributed by atoms with van der Waals surface area (Å²) in [7, 11) is 1.39. The van der Waals surface area contributed by atoms with Crippen LogP contribution >= 0.6 is 0 Å². The summed E-state index contributed by atoms with van der Waals surface area (Å²) in [6, 6.07) is 4.46. The number of halogens is 3. The van der Waals surface area contributed by atoms with Gasteiger partial charge in [-0.25, -0.2) is 0 Å². The molecule has 0 radical (unpaired) electrons. The maximum Gasteiger partial charge on any atom is 0.411 e. The molecule has 0 atom stereocenters. The molecule has 1 aromatic carbocycles. The second-order valence-electron chi connectivity index (χ2n) is 3.30. The molecule has 0 N–H and O–H groups in total. The van der Waals surface area contributed by atoms with E-state index in [2.05, 4.69) is 4.74 Å². The summed E-state index contributed by atoms with van der Waals surface area (Å²) in [5.41, 5.74) is 0.762. The number of aldehydes is 1. The number of hydrogen-bond acceptors (Lipinski definition) is 3. The van der Waals surface area contributed by atoms with Crippen molar-refractivity contribution in [2.45, 2.75) is 12.8 Å². The number of carbonyl (C=O) groups is 1. The highest BCUT2D eigenvalue weighted by atomic mass is 19.4. The van der Waals surface area contributed by atoms with Crippen LogP contribution in [-0.4, -0.2) is 26.2 Å². The molecule has 0 amide bonds. The van der Waals surface area contributed by atoms with Crippen LogP contribution in [0.3, 0.4) is 0 Å². The smallest absolute Gasteiger partial charge is 0.411 e. The number of carbonyl (C=O) groups excluding carboxylic acids is 1. The van der Waals surface area contributed by atoms with Crippen LogP contribution in [0.5, 0.6) is 5.75 Å².